The summed E-state index contributed by atoms with van der Waals surface area (Å²) < 4.78 is 13.7. The van der Waals surface area contributed by atoms with Crippen LogP contribution in [-0.4, -0.2) is 28.6 Å². The summed E-state index contributed by atoms with van der Waals surface area (Å²) in [5, 5.41) is 9.60. The topological polar surface area (TPSA) is 40.5 Å². The van der Waals surface area contributed by atoms with Gasteiger partial charge in [0.15, 0.2) is 0 Å². The van der Waals surface area contributed by atoms with E-state index in [4.69, 9.17) is 0 Å². The number of hydrogen-bond donors (Lipinski definition) is 1. The first-order chi connectivity index (χ1) is 11.1. The van der Waals surface area contributed by atoms with Crippen LogP contribution < -0.4 is 0 Å². The van der Waals surface area contributed by atoms with Crippen molar-refractivity contribution in [2.45, 2.75) is 38.3 Å². The Labute approximate surface area is 139 Å². The number of carbonyl (C=O) groups is 1. The highest BCUT2D eigenvalue weighted by molar-refractivity contribution is 7.12. The molecule has 1 aromatic heterocycles. The van der Waals surface area contributed by atoms with Crippen LogP contribution in [0.25, 0.3) is 0 Å². The van der Waals surface area contributed by atoms with Crippen LogP contribution in [0.2, 0.25) is 0 Å². The van der Waals surface area contributed by atoms with Crippen LogP contribution in [0.3, 0.4) is 0 Å². The van der Waals surface area contributed by atoms with E-state index in [1.807, 2.05) is 30.0 Å². The maximum Gasteiger partial charge on any atom is 0.320 e. The fourth-order valence-corrected chi connectivity index (χ4v) is 4.35. The number of aliphatic carboxylic acids is 1. The molecular formula is C18H20FNO2S. The third-order valence-corrected chi connectivity index (χ3v) is 5.41. The van der Waals surface area contributed by atoms with E-state index in [9.17, 15) is 14.3 Å². The monoisotopic (exact) mass is 333 g/mol. The molecule has 2 aromatic rings. The summed E-state index contributed by atoms with van der Waals surface area (Å²) in [5.74, 6) is -1.08. The molecule has 1 N–H and O–H groups in total. The number of thiophene rings is 1. The third-order valence-electron chi connectivity index (χ3n) is 4.36. The second-order valence-electron chi connectivity index (χ2n) is 5.99. The molecule has 5 heteroatoms. The highest BCUT2D eigenvalue weighted by atomic mass is 32.1. The molecule has 0 spiro atoms. The van der Waals surface area contributed by atoms with Gasteiger partial charge < -0.3 is 5.11 Å². The minimum absolute atomic E-state index is 0.203. The predicted molar refractivity (Wildman–Crippen MR) is 89.3 cm³/mol. The van der Waals surface area contributed by atoms with Crippen molar-refractivity contribution in [3.63, 3.8) is 0 Å². The number of aryl methyl sites for hydroxylation is 1. The Bertz CT molecular complexity index is 700. The lowest BCUT2D eigenvalue weighted by Gasteiger charge is -2.39. The molecule has 1 fully saturated rings. The molecule has 1 aliphatic rings. The second kappa shape index (κ2) is 6.81. The number of halogens is 1. The maximum atomic E-state index is 13.7. The molecule has 1 aromatic carbocycles. The molecule has 2 heterocycles. The van der Waals surface area contributed by atoms with E-state index in [1.54, 1.807) is 17.4 Å². The van der Waals surface area contributed by atoms with Gasteiger partial charge in [0, 0.05) is 9.75 Å². The molecule has 23 heavy (non-hydrogen) atoms. The summed E-state index contributed by atoms with van der Waals surface area (Å²) >= 11 is 1.65. The molecule has 1 saturated heterocycles. The summed E-state index contributed by atoms with van der Waals surface area (Å²) in [6.45, 7) is 2.75. The Morgan fingerprint density at radius 2 is 2.17 bits per heavy atom. The molecule has 0 saturated carbocycles. The number of likely N-dealkylation sites (tertiary alicyclic amines) is 1. The van der Waals surface area contributed by atoms with Gasteiger partial charge in [0.1, 0.15) is 11.9 Å². The number of benzene rings is 1. The molecule has 0 amide bonds. The van der Waals surface area contributed by atoms with E-state index in [0.717, 1.165) is 29.8 Å². The molecule has 3 rings (SSSR count). The lowest BCUT2D eigenvalue weighted by Crippen LogP contribution is -2.46. The molecule has 0 radical (unpaired) electrons. The molecule has 2 unspecified atom stereocenters. The van der Waals surface area contributed by atoms with Crippen molar-refractivity contribution in [2.75, 3.05) is 6.54 Å². The first kappa shape index (κ1) is 16.1. The van der Waals surface area contributed by atoms with Crippen molar-refractivity contribution in [1.29, 1.82) is 0 Å². The standard InChI is InChI=1S/C18H20FNO2S/c1-12-8-9-16(23-12)17(13-5-4-6-14(19)11-13)20-10-3-2-7-15(20)18(21)22/h4-6,8-9,11,15,17H,2-3,7,10H2,1H3,(H,21,22). The van der Waals surface area contributed by atoms with Gasteiger partial charge in [-0.25, -0.2) is 4.39 Å². The number of carboxylic acid groups (broad SMARTS) is 1. The van der Waals surface area contributed by atoms with Crippen LogP contribution in [0.5, 0.6) is 0 Å². The highest BCUT2D eigenvalue weighted by Gasteiger charge is 2.35. The molecule has 2 atom stereocenters. The molecule has 3 nitrogen and oxygen atoms in total. The number of hydrogen-bond acceptors (Lipinski definition) is 3. The quantitative estimate of drug-likeness (QED) is 0.910. The highest BCUT2D eigenvalue weighted by Crippen LogP contribution is 2.37. The number of carboxylic acids is 1. The Balaban J connectivity index is 2.05. The first-order valence-corrected chi connectivity index (χ1v) is 8.68. The van der Waals surface area contributed by atoms with Crippen molar-refractivity contribution < 1.29 is 14.3 Å². The average molecular weight is 333 g/mol. The normalized spacial score (nSPS) is 20.3. The minimum atomic E-state index is -0.792. The van der Waals surface area contributed by atoms with Crippen LogP contribution >= 0.6 is 11.3 Å². The van der Waals surface area contributed by atoms with Crippen molar-refractivity contribution in [2.24, 2.45) is 0 Å². The van der Waals surface area contributed by atoms with E-state index in [0.29, 0.717) is 6.42 Å². The Hall–Kier alpha value is -1.72. The number of rotatable bonds is 4. The zero-order valence-electron chi connectivity index (χ0n) is 13.0. The van der Waals surface area contributed by atoms with Crippen LogP contribution in [0.1, 0.15) is 40.6 Å². The molecule has 0 aliphatic carbocycles. The largest absolute Gasteiger partial charge is 0.480 e. The van der Waals surface area contributed by atoms with Crippen LogP contribution in [0, 0.1) is 12.7 Å². The Morgan fingerprint density at radius 3 is 2.83 bits per heavy atom. The van der Waals surface area contributed by atoms with Gasteiger partial charge in [-0.15, -0.1) is 11.3 Å². The summed E-state index contributed by atoms with van der Waals surface area (Å²) in [5.41, 5.74) is 0.819. The predicted octanol–water partition coefficient (Wildman–Crippen LogP) is 4.22. The lowest BCUT2D eigenvalue weighted by molar-refractivity contribution is -0.145. The zero-order valence-corrected chi connectivity index (χ0v) is 13.9. The minimum Gasteiger partial charge on any atom is -0.480 e. The molecule has 0 bridgehead atoms. The first-order valence-electron chi connectivity index (χ1n) is 7.86. The second-order valence-corrected chi connectivity index (χ2v) is 7.31. The summed E-state index contributed by atoms with van der Waals surface area (Å²) in [6.07, 6.45) is 2.54. The summed E-state index contributed by atoms with van der Waals surface area (Å²) in [6, 6.07) is 9.87. The fraction of sp³-hybridized carbons (Fsp3) is 0.389. The van der Waals surface area contributed by atoms with Crippen LogP contribution in [-0.2, 0) is 4.79 Å². The average Bonchev–Trinajstić information content (AvgIpc) is 2.94. The van der Waals surface area contributed by atoms with Gasteiger partial charge in [-0.2, -0.15) is 0 Å². The van der Waals surface area contributed by atoms with E-state index < -0.39 is 12.0 Å². The van der Waals surface area contributed by atoms with Gasteiger partial charge in [-0.3, -0.25) is 9.69 Å². The van der Waals surface area contributed by atoms with E-state index in [-0.39, 0.29) is 11.9 Å². The van der Waals surface area contributed by atoms with Crippen molar-refractivity contribution in [3.8, 4) is 0 Å². The van der Waals surface area contributed by atoms with Gasteiger partial charge in [-0.05, 0) is 56.1 Å². The van der Waals surface area contributed by atoms with Gasteiger partial charge in [0.2, 0.25) is 0 Å². The Morgan fingerprint density at radius 1 is 1.35 bits per heavy atom. The number of piperidine rings is 1. The van der Waals surface area contributed by atoms with Gasteiger partial charge in [-0.1, -0.05) is 18.6 Å². The summed E-state index contributed by atoms with van der Waals surface area (Å²) in [7, 11) is 0. The van der Waals surface area contributed by atoms with Crippen LogP contribution in [0.4, 0.5) is 4.39 Å². The van der Waals surface area contributed by atoms with Gasteiger partial charge >= 0.3 is 5.97 Å². The zero-order chi connectivity index (χ0) is 16.4. The molecule has 1 aliphatic heterocycles. The SMILES string of the molecule is Cc1ccc(C(c2cccc(F)c2)N2CCCCC2C(=O)O)s1. The molecule has 122 valence electrons. The van der Waals surface area contributed by atoms with Gasteiger partial charge in [0.05, 0.1) is 6.04 Å². The van der Waals surface area contributed by atoms with Crippen molar-refractivity contribution in [1.82, 2.24) is 4.90 Å². The van der Waals surface area contributed by atoms with E-state index in [2.05, 4.69) is 0 Å². The van der Waals surface area contributed by atoms with E-state index >= 15 is 0 Å². The van der Waals surface area contributed by atoms with E-state index in [1.165, 1.54) is 17.0 Å². The van der Waals surface area contributed by atoms with Crippen molar-refractivity contribution >= 4 is 17.3 Å². The van der Waals surface area contributed by atoms with Gasteiger partial charge in [0.25, 0.3) is 0 Å². The fourth-order valence-electron chi connectivity index (χ4n) is 3.32. The maximum absolute atomic E-state index is 13.7. The lowest BCUT2D eigenvalue weighted by atomic mass is 9.95. The Kier molecular flexibility index (Phi) is 4.78. The van der Waals surface area contributed by atoms with Crippen molar-refractivity contribution in [3.05, 3.63) is 57.5 Å². The van der Waals surface area contributed by atoms with Crippen LogP contribution in [0.15, 0.2) is 36.4 Å². The smallest absolute Gasteiger partial charge is 0.320 e. The number of nitrogens with zero attached hydrogens (tertiary/aromatic N) is 1. The molecular weight excluding hydrogens is 313 g/mol. The third kappa shape index (κ3) is 3.46. The summed E-state index contributed by atoms with van der Waals surface area (Å²) in [4.78, 5) is 16.0.